The molecule has 0 spiro atoms. The highest BCUT2D eigenvalue weighted by atomic mass is 32.1. The topological polar surface area (TPSA) is 111 Å². The van der Waals surface area contributed by atoms with Crippen molar-refractivity contribution in [3.63, 3.8) is 0 Å². The Morgan fingerprint density at radius 1 is 1.10 bits per heavy atom. The summed E-state index contributed by atoms with van der Waals surface area (Å²) in [5.74, 6) is -2.55. The Balaban J connectivity index is 1.96. The highest BCUT2D eigenvalue weighted by molar-refractivity contribution is 7.12. The number of nitrogens with one attached hydrogen (secondary N) is 2. The van der Waals surface area contributed by atoms with E-state index in [1.54, 1.807) is 50.4 Å². The van der Waals surface area contributed by atoms with Crippen LogP contribution in [-0.4, -0.2) is 43.5 Å². The van der Waals surface area contributed by atoms with Crippen molar-refractivity contribution in [1.82, 2.24) is 5.32 Å². The van der Waals surface area contributed by atoms with Crippen LogP contribution in [0.3, 0.4) is 0 Å². The molecule has 2 N–H and O–H groups in total. The molecule has 2 rings (SSSR count). The van der Waals surface area contributed by atoms with Crippen LogP contribution >= 0.6 is 11.3 Å². The zero-order chi connectivity index (χ0) is 22.3. The number of hydrogen-bond donors (Lipinski definition) is 2. The van der Waals surface area contributed by atoms with Crippen molar-refractivity contribution in [2.24, 2.45) is 5.92 Å². The van der Waals surface area contributed by atoms with Crippen LogP contribution in [0.2, 0.25) is 0 Å². The maximum absolute atomic E-state index is 12.5. The van der Waals surface area contributed by atoms with Gasteiger partial charge in [0, 0.05) is 5.56 Å². The fourth-order valence-electron chi connectivity index (χ4n) is 2.62. The van der Waals surface area contributed by atoms with Crippen LogP contribution < -0.4 is 10.6 Å². The highest BCUT2D eigenvalue weighted by Crippen LogP contribution is 2.23. The summed E-state index contributed by atoms with van der Waals surface area (Å²) in [7, 11) is 1.24. The minimum Gasteiger partial charge on any atom is -0.465 e. The number of esters is 2. The van der Waals surface area contributed by atoms with Gasteiger partial charge in [-0.25, -0.2) is 9.59 Å². The van der Waals surface area contributed by atoms with Crippen LogP contribution in [0.15, 0.2) is 35.7 Å². The van der Waals surface area contributed by atoms with Crippen molar-refractivity contribution in [3.05, 3.63) is 51.7 Å². The van der Waals surface area contributed by atoms with Gasteiger partial charge in [-0.15, -0.1) is 11.3 Å². The predicted octanol–water partition coefficient (Wildman–Crippen LogP) is 2.78. The Morgan fingerprint density at radius 3 is 2.43 bits per heavy atom. The fourth-order valence-corrected chi connectivity index (χ4v) is 3.38. The average molecular weight is 432 g/mol. The van der Waals surface area contributed by atoms with E-state index in [0.717, 1.165) is 16.9 Å². The van der Waals surface area contributed by atoms with Gasteiger partial charge in [-0.05, 0) is 35.9 Å². The third-order valence-corrected chi connectivity index (χ3v) is 5.15. The van der Waals surface area contributed by atoms with E-state index in [9.17, 15) is 19.2 Å². The van der Waals surface area contributed by atoms with Gasteiger partial charge in [-0.3, -0.25) is 9.59 Å². The maximum Gasteiger partial charge on any atom is 0.350 e. The molecule has 0 bridgehead atoms. The zero-order valence-corrected chi connectivity index (χ0v) is 18.0. The van der Waals surface area contributed by atoms with Gasteiger partial charge in [0.25, 0.3) is 11.8 Å². The molecule has 0 fully saturated rings. The molecule has 0 radical (unpaired) electrons. The standard InChI is InChI=1S/C21H24N2O6S/c1-12(2)17(23-19(25)14-8-6-5-7-13(14)3)20(26)29-11-16(24)22-15-9-10-30-18(15)21(27)28-4/h5-10,12,17H,11H2,1-4H3,(H,22,24)(H,23,25)/t17-/m0/s1. The molecule has 8 nitrogen and oxygen atoms in total. The van der Waals surface area contributed by atoms with Crippen molar-refractivity contribution in [3.8, 4) is 0 Å². The van der Waals surface area contributed by atoms with Crippen molar-refractivity contribution in [1.29, 1.82) is 0 Å². The third-order valence-electron chi connectivity index (χ3n) is 4.25. The molecule has 1 atom stereocenters. The number of aryl methyl sites for hydroxylation is 1. The molecule has 2 aromatic rings. The van der Waals surface area contributed by atoms with Crippen LogP contribution in [0.25, 0.3) is 0 Å². The Labute approximate surface area is 178 Å². The molecule has 160 valence electrons. The largest absolute Gasteiger partial charge is 0.465 e. The second-order valence-corrected chi connectivity index (χ2v) is 7.74. The van der Waals surface area contributed by atoms with Crippen LogP contribution in [0, 0.1) is 12.8 Å². The lowest BCUT2D eigenvalue weighted by Gasteiger charge is -2.21. The maximum atomic E-state index is 12.5. The quantitative estimate of drug-likeness (QED) is 0.621. The molecule has 9 heteroatoms. The summed E-state index contributed by atoms with van der Waals surface area (Å²) in [4.78, 5) is 49.0. The first-order chi connectivity index (χ1) is 14.2. The van der Waals surface area contributed by atoms with E-state index in [-0.39, 0.29) is 16.5 Å². The molecule has 0 unspecified atom stereocenters. The molecule has 0 aliphatic rings. The van der Waals surface area contributed by atoms with E-state index < -0.39 is 36.4 Å². The Bertz CT molecular complexity index is 937. The van der Waals surface area contributed by atoms with E-state index >= 15 is 0 Å². The highest BCUT2D eigenvalue weighted by Gasteiger charge is 2.27. The van der Waals surface area contributed by atoms with Gasteiger partial charge in [-0.2, -0.15) is 0 Å². The fraction of sp³-hybridized carbons (Fsp3) is 0.333. The molecule has 1 heterocycles. The van der Waals surface area contributed by atoms with E-state index in [4.69, 9.17) is 4.74 Å². The summed E-state index contributed by atoms with van der Waals surface area (Å²) in [6.45, 7) is 4.77. The zero-order valence-electron chi connectivity index (χ0n) is 17.2. The minimum absolute atomic E-state index is 0.239. The molecule has 0 saturated heterocycles. The average Bonchev–Trinajstić information content (AvgIpc) is 3.17. The van der Waals surface area contributed by atoms with Crippen LogP contribution in [0.1, 0.15) is 39.4 Å². The first-order valence-corrected chi connectivity index (χ1v) is 10.1. The smallest absolute Gasteiger partial charge is 0.350 e. The molecular weight excluding hydrogens is 408 g/mol. The number of ether oxygens (including phenoxy) is 2. The number of rotatable bonds is 8. The number of benzene rings is 1. The lowest BCUT2D eigenvalue weighted by molar-refractivity contribution is -0.150. The third kappa shape index (κ3) is 5.90. The van der Waals surface area contributed by atoms with Crippen molar-refractivity contribution >= 4 is 40.8 Å². The second-order valence-electron chi connectivity index (χ2n) is 6.82. The Hall–Kier alpha value is -3.20. The van der Waals surface area contributed by atoms with Gasteiger partial charge in [0.2, 0.25) is 0 Å². The summed E-state index contributed by atoms with van der Waals surface area (Å²) < 4.78 is 9.74. The number of thiophene rings is 1. The summed E-state index contributed by atoms with van der Waals surface area (Å²) >= 11 is 1.12. The van der Waals surface area contributed by atoms with E-state index in [0.29, 0.717) is 5.56 Å². The lowest BCUT2D eigenvalue weighted by Crippen LogP contribution is -2.46. The van der Waals surface area contributed by atoms with E-state index in [1.165, 1.54) is 7.11 Å². The first-order valence-electron chi connectivity index (χ1n) is 9.23. The number of carbonyl (C=O) groups is 4. The van der Waals surface area contributed by atoms with Gasteiger partial charge in [0.1, 0.15) is 10.9 Å². The number of methoxy groups -OCH3 is 1. The second kappa shape index (κ2) is 10.5. The molecule has 2 amide bonds. The lowest BCUT2D eigenvalue weighted by atomic mass is 10.0. The van der Waals surface area contributed by atoms with Crippen LogP contribution in [0.4, 0.5) is 5.69 Å². The van der Waals surface area contributed by atoms with Crippen LogP contribution in [0.5, 0.6) is 0 Å². The summed E-state index contributed by atoms with van der Waals surface area (Å²) in [6, 6.07) is 7.66. The molecule has 1 aromatic carbocycles. The monoisotopic (exact) mass is 432 g/mol. The molecule has 0 aliphatic carbocycles. The number of carbonyl (C=O) groups excluding carboxylic acids is 4. The number of hydrogen-bond acceptors (Lipinski definition) is 7. The Morgan fingerprint density at radius 2 is 1.80 bits per heavy atom. The summed E-state index contributed by atoms with van der Waals surface area (Å²) in [6.07, 6.45) is 0. The number of anilines is 1. The normalized spacial score (nSPS) is 11.5. The summed E-state index contributed by atoms with van der Waals surface area (Å²) in [5, 5.41) is 6.81. The summed E-state index contributed by atoms with van der Waals surface area (Å²) in [5.41, 5.74) is 1.52. The van der Waals surface area contributed by atoms with Gasteiger partial charge in [0.15, 0.2) is 6.61 Å². The molecule has 1 aromatic heterocycles. The molecular formula is C21H24N2O6S. The van der Waals surface area contributed by atoms with Crippen molar-refractivity contribution < 1.29 is 28.7 Å². The minimum atomic E-state index is -0.920. The molecule has 0 aliphatic heterocycles. The van der Waals surface area contributed by atoms with Crippen molar-refractivity contribution in [2.45, 2.75) is 26.8 Å². The van der Waals surface area contributed by atoms with E-state index in [2.05, 4.69) is 15.4 Å². The van der Waals surface area contributed by atoms with Gasteiger partial charge in [0.05, 0.1) is 12.8 Å². The van der Waals surface area contributed by atoms with Crippen LogP contribution in [-0.2, 0) is 19.1 Å². The van der Waals surface area contributed by atoms with E-state index in [1.807, 2.05) is 6.07 Å². The van der Waals surface area contributed by atoms with Gasteiger partial charge >= 0.3 is 11.9 Å². The molecule has 0 saturated carbocycles. The van der Waals surface area contributed by atoms with Gasteiger partial charge < -0.3 is 20.1 Å². The van der Waals surface area contributed by atoms with Gasteiger partial charge in [-0.1, -0.05) is 32.0 Å². The first kappa shape index (κ1) is 23.1. The van der Waals surface area contributed by atoms with Crippen molar-refractivity contribution in [2.75, 3.05) is 19.0 Å². The molecule has 30 heavy (non-hydrogen) atoms. The predicted molar refractivity (Wildman–Crippen MR) is 113 cm³/mol. The number of amides is 2. The Kier molecular flexibility index (Phi) is 8.11. The SMILES string of the molecule is COC(=O)c1sccc1NC(=O)COC(=O)[C@@H](NC(=O)c1ccccc1C)C(C)C.